The number of sulfonamides is 1. The molecule has 0 radical (unpaired) electrons. The van der Waals surface area contributed by atoms with Gasteiger partial charge >= 0.3 is 29.6 Å². The van der Waals surface area contributed by atoms with Crippen LogP contribution in [0.5, 0.6) is 0 Å². The van der Waals surface area contributed by atoms with Gasteiger partial charge in [0.1, 0.15) is 0 Å². The van der Waals surface area contributed by atoms with Crippen LogP contribution in [0, 0.1) is 0 Å². The molecule has 0 atom stereocenters. The number of aryl methyl sites for hydroxylation is 3. The first-order valence-electron chi connectivity index (χ1n) is 11.1. The molecule has 2 aromatic rings. The van der Waals surface area contributed by atoms with Gasteiger partial charge in [-0.2, -0.15) is 5.10 Å². The van der Waals surface area contributed by atoms with Crippen molar-refractivity contribution in [1.82, 2.24) is 14.7 Å². The zero-order chi connectivity index (χ0) is 21.6. The Morgan fingerprint density at radius 2 is 1.66 bits per heavy atom. The van der Waals surface area contributed by atoms with Crippen molar-refractivity contribution in [1.29, 1.82) is 0 Å². The van der Waals surface area contributed by atoms with E-state index in [0.717, 1.165) is 87.0 Å². The second kappa shape index (κ2) is 9.46. The Balaban J connectivity index is 0.00000245. The molecule has 1 aliphatic heterocycles. The van der Waals surface area contributed by atoms with E-state index in [4.69, 9.17) is 0 Å². The molecule has 1 N–H and O–H groups in total. The first kappa shape index (κ1) is 23.8. The number of amides is 2. The number of aromatic nitrogens is 2. The predicted octanol–water partition coefficient (Wildman–Crippen LogP) is 0.292. The number of urea groups is 1. The molecule has 2 amide bonds. The van der Waals surface area contributed by atoms with Crippen LogP contribution in [0.4, 0.5) is 10.5 Å². The average Bonchev–Trinajstić information content (AvgIpc) is 3.49. The molecule has 2 heterocycles. The van der Waals surface area contributed by atoms with Gasteiger partial charge in [0.05, 0.1) is 5.69 Å². The van der Waals surface area contributed by atoms with E-state index < -0.39 is 16.1 Å². The fourth-order valence-corrected chi connectivity index (χ4v) is 6.04. The summed E-state index contributed by atoms with van der Waals surface area (Å²) < 4.78 is 30.7. The summed E-state index contributed by atoms with van der Waals surface area (Å²) in [6, 6.07) is 2.95. The molecular formula is C22H28N5NaO3S. The van der Waals surface area contributed by atoms with Crippen molar-refractivity contribution in [2.24, 2.45) is 7.05 Å². The zero-order valence-electron chi connectivity index (χ0n) is 18.9. The van der Waals surface area contributed by atoms with Crippen LogP contribution >= 0.6 is 0 Å². The number of carbonyl (C=O) groups is 1. The van der Waals surface area contributed by atoms with Crippen molar-refractivity contribution < 1.29 is 42.8 Å². The minimum atomic E-state index is -4.18. The number of benzene rings is 1. The molecule has 3 aliphatic rings. The number of carbonyl (C=O) groups excluding carboxylic acids is 1. The minimum absolute atomic E-state index is 0. The zero-order valence-corrected chi connectivity index (χ0v) is 21.7. The van der Waals surface area contributed by atoms with Crippen LogP contribution in [-0.4, -0.2) is 42.2 Å². The summed E-state index contributed by atoms with van der Waals surface area (Å²) >= 11 is 0. The summed E-state index contributed by atoms with van der Waals surface area (Å²) in [6.07, 6.45) is 8.27. The van der Waals surface area contributed by atoms with Gasteiger partial charge < -0.3 is 10.0 Å². The summed E-state index contributed by atoms with van der Waals surface area (Å²) in [5.41, 5.74) is 6.43. The van der Waals surface area contributed by atoms with Crippen molar-refractivity contribution >= 4 is 21.7 Å². The largest absolute Gasteiger partial charge is 1.00 e. The molecule has 1 aromatic carbocycles. The Morgan fingerprint density at radius 3 is 2.28 bits per heavy atom. The van der Waals surface area contributed by atoms with Crippen molar-refractivity contribution in [3.8, 4) is 0 Å². The number of hydrogen-bond acceptors (Lipinski definition) is 5. The molecule has 0 bridgehead atoms. The van der Waals surface area contributed by atoms with E-state index in [1.54, 1.807) is 11.7 Å². The number of nitrogens with one attached hydrogen (secondary N) is 1. The summed E-state index contributed by atoms with van der Waals surface area (Å²) in [4.78, 5) is 14.9. The Kier molecular flexibility index (Phi) is 7.03. The van der Waals surface area contributed by atoms with Crippen LogP contribution in [0.1, 0.15) is 53.6 Å². The van der Waals surface area contributed by atoms with Gasteiger partial charge in [0.25, 0.3) is 0 Å². The maximum Gasteiger partial charge on any atom is 1.00 e. The van der Waals surface area contributed by atoms with Crippen LogP contribution < -0.4 is 34.9 Å². The minimum Gasteiger partial charge on any atom is -0.423 e. The number of rotatable bonds is 5. The van der Waals surface area contributed by atoms with E-state index in [1.807, 2.05) is 0 Å². The third kappa shape index (κ3) is 4.63. The molecule has 0 saturated carbocycles. The number of anilines is 1. The normalized spacial score (nSPS) is 17.7. The second-order valence-corrected chi connectivity index (χ2v) is 10.4. The molecule has 1 aromatic heterocycles. The first-order chi connectivity index (χ1) is 14.9. The molecule has 1 fully saturated rings. The summed E-state index contributed by atoms with van der Waals surface area (Å²) in [5, 5.41) is 6.77. The second-order valence-electron chi connectivity index (χ2n) is 8.81. The van der Waals surface area contributed by atoms with Crippen LogP contribution in [0.15, 0.2) is 17.2 Å². The van der Waals surface area contributed by atoms with Gasteiger partial charge in [0, 0.05) is 13.6 Å². The van der Waals surface area contributed by atoms with Gasteiger partial charge in [-0.05, 0) is 98.5 Å². The fourth-order valence-electron chi connectivity index (χ4n) is 5.17. The quantitative estimate of drug-likeness (QED) is 0.641. The molecule has 0 spiro atoms. The van der Waals surface area contributed by atoms with Gasteiger partial charge in [-0.25, -0.2) is 8.42 Å². The van der Waals surface area contributed by atoms with Gasteiger partial charge in [-0.15, -0.1) is 0 Å². The first-order valence-corrected chi connectivity index (χ1v) is 12.6. The molecule has 166 valence electrons. The van der Waals surface area contributed by atoms with Crippen LogP contribution in [0.25, 0.3) is 4.72 Å². The van der Waals surface area contributed by atoms with Crippen LogP contribution in [0.2, 0.25) is 0 Å². The smallest absolute Gasteiger partial charge is 0.423 e. The number of nitrogens with zero attached hydrogens (tertiary/aromatic N) is 4. The van der Waals surface area contributed by atoms with E-state index in [9.17, 15) is 13.2 Å². The van der Waals surface area contributed by atoms with Crippen molar-refractivity contribution in [3.05, 3.63) is 44.8 Å². The van der Waals surface area contributed by atoms with Gasteiger partial charge in [-0.3, -0.25) is 14.4 Å². The molecule has 0 unspecified atom stereocenters. The molecule has 5 rings (SSSR count). The third-order valence-corrected chi connectivity index (χ3v) is 7.85. The third-order valence-electron chi connectivity index (χ3n) is 6.71. The number of fused-ring (bicyclic) bond motifs is 2. The molecule has 2 aliphatic carbocycles. The monoisotopic (exact) mass is 465 g/mol. The molecular weight excluding hydrogens is 437 g/mol. The fraction of sp³-hybridized carbons (Fsp3) is 0.545. The van der Waals surface area contributed by atoms with Gasteiger partial charge in [0.15, 0.2) is 11.1 Å². The van der Waals surface area contributed by atoms with E-state index in [-0.39, 0.29) is 34.6 Å². The van der Waals surface area contributed by atoms with Crippen molar-refractivity contribution in [2.75, 3.05) is 18.4 Å². The standard InChI is InChI=1S/C22H29N5O3S.Na/c1-26-17(14-27-10-2-3-11-27)13-20(24-26)31(29,30)25-22(28)23-21-18-8-4-6-15(18)12-16-7-5-9-19(16)21;/h12-13H,2-11,14H2,1H3,(H2,23,25,28);/q;+1/p-1. The SMILES string of the molecule is Cn1nc(S(=O)(=O)[N-]C(=O)Nc2c3c(cc4c2CCC4)CCC3)cc1CN1CCCC1.[Na+]. The average molecular weight is 466 g/mol. The number of likely N-dealkylation sites (tertiary alicyclic amines) is 1. The van der Waals surface area contributed by atoms with Crippen LogP contribution in [-0.2, 0) is 49.3 Å². The molecule has 8 nitrogen and oxygen atoms in total. The Hall–Kier alpha value is -1.39. The van der Waals surface area contributed by atoms with Gasteiger partial charge in [-0.1, -0.05) is 6.07 Å². The van der Waals surface area contributed by atoms with E-state index in [2.05, 4.69) is 26.1 Å². The summed E-state index contributed by atoms with van der Waals surface area (Å²) in [5.74, 6) is 0. The van der Waals surface area contributed by atoms with Crippen LogP contribution in [0.3, 0.4) is 0 Å². The molecule has 32 heavy (non-hydrogen) atoms. The Labute approximate surface area is 211 Å². The maximum absolute atomic E-state index is 12.8. The predicted molar refractivity (Wildman–Crippen MR) is 118 cm³/mol. The van der Waals surface area contributed by atoms with E-state index >= 15 is 0 Å². The van der Waals surface area contributed by atoms with Crippen molar-refractivity contribution in [2.45, 2.75) is 62.9 Å². The van der Waals surface area contributed by atoms with E-state index in [0.29, 0.717) is 6.54 Å². The summed E-state index contributed by atoms with van der Waals surface area (Å²) in [6.45, 7) is 2.66. The topological polar surface area (TPSA) is 98.4 Å². The Morgan fingerprint density at radius 1 is 1.03 bits per heavy atom. The molecule has 10 heteroatoms. The maximum atomic E-state index is 12.8. The number of hydrogen-bond donors (Lipinski definition) is 1. The van der Waals surface area contributed by atoms with Gasteiger partial charge in [0.2, 0.25) is 10.0 Å². The van der Waals surface area contributed by atoms with Crippen molar-refractivity contribution in [3.63, 3.8) is 0 Å². The molecule has 1 saturated heterocycles. The Bertz CT molecular complexity index is 1110. The van der Waals surface area contributed by atoms with E-state index in [1.165, 1.54) is 17.2 Å². The summed E-state index contributed by atoms with van der Waals surface area (Å²) in [7, 11) is -2.46.